The van der Waals surface area contributed by atoms with Crippen LogP contribution in [0.3, 0.4) is 0 Å². The summed E-state index contributed by atoms with van der Waals surface area (Å²) in [5, 5.41) is 7.38. The van der Waals surface area contributed by atoms with Crippen molar-refractivity contribution in [2.75, 3.05) is 0 Å². The second kappa shape index (κ2) is 5.81. The maximum absolute atomic E-state index is 12.4. The highest BCUT2D eigenvalue weighted by molar-refractivity contribution is 5.37. The highest BCUT2D eigenvalue weighted by Crippen LogP contribution is 2.22. The molecule has 2 aromatic rings. The minimum atomic E-state index is -2.92. The number of ether oxygens (including phenoxy) is 1. The summed E-state index contributed by atoms with van der Waals surface area (Å²) in [4.78, 5) is 11.8. The Hall–Kier alpha value is -2.25. The van der Waals surface area contributed by atoms with Gasteiger partial charge in [-0.25, -0.2) is 4.79 Å². The van der Waals surface area contributed by atoms with Crippen molar-refractivity contribution in [3.63, 3.8) is 0 Å². The third kappa shape index (κ3) is 3.01. The van der Waals surface area contributed by atoms with E-state index in [-0.39, 0.29) is 12.3 Å². The van der Waals surface area contributed by atoms with Gasteiger partial charge in [-0.2, -0.15) is 18.1 Å². The first-order valence-corrected chi connectivity index (χ1v) is 6.06. The van der Waals surface area contributed by atoms with Crippen LogP contribution in [0.4, 0.5) is 8.78 Å². The van der Waals surface area contributed by atoms with E-state index in [0.29, 0.717) is 12.1 Å². The Bertz CT molecular complexity index is 651. The lowest BCUT2D eigenvalue weighted by atomic mass is 10.1. The van der Waals surface area contributed by atoms with Crippen LogP contribution in [0.2, 0.25) is 0 Å². The fourth-order valence-corrected chi connectivity index (χ4v) is 1.81. The van der Waals surface area contributed by atoms with Gasteiger partial charge in [-0.05, 0) is 30.3 Å². The van der Waals surface area contributed by atoms with E-state index in [9.17, 15) is 13.6 Å². The van der Waals surface area contributed by atoms with Crippen LogP contribution >= 0.6 is 0 Å². The molecule has 1 aromatic heterocycles. The molecule has 0 aliphatic heterocycles. The molecule has 0 N–H and O–H groups in total. The monoisotopic (exact) mass is 284 g/mol. The zero-order valence-electron chi connectivity index (χ0n) is 11.1. The van der Waals surface area contributed by atoms with Crippen LogP contribution in [0.1, 0.15) is 18.1 Å². The Morgan fingerprint density at radius 1 is 1.30 bits per heavy atom. The van der Waals surface area contributed by atoms with Gasteiger partial charge in [0, 0.05) is 12.1 Å². The van der Waals surface area contributed by atoms with Crippen molar-refractivity contribution in [2.45, 2.75) is 33.5 Å². The minimum Gasteiger partial charge on any atom is -0.434 e. The van der Waals surface area contributed by atoms with Gasteiger partial charge < -0.3 is 4.74 Å². The third-order valence-corrected chi connectivity index (χ3v) is 2.75. The maximum atomic E-state index is 12.4. The summed E-state index contributed by atoms with van der Waals surface area (Å²) < 4.78 is 31.4. The van der Waals surface area contributed by atoms with E-state index in [1.807, 2.05) is 6.92 Å². The number of nitrogens with zero attached hydrogens (tertiary/aromatic N) is 4. The molecule has 8 heteroatoms. The van der Waals surface area contributed by atoms with Crippen molar-refractivity contribution in [2.24, 2.45) is 0 Å². The molecule has 108 valence electrons. The first-order chi connectivity index (χ1) is 9.51. The summed E-state index contributed by atoms with van der Waals surface area (Å²) in [5.41, 5.74) is 0.935. The van der Waals surface area contributed by atoms with Crippen molar-refractivity contribution < 1.29 is 13.5 Å². The third-order valence-electron chi connectivity index (χ3n) is 2.75. The number of rotatable bonds is 5. The Kier molecular flexibility index (Phi) is 4.11. The van der Waals surface area contributed by atoms with E-state index in [2.05, 4.69) is 15.2 Å². The van der Waals surface area contributed by atoms with Gasteiger partial charge in [0.1, 0.15) is 5.75 Å². The summed E-state index contributed by atoms with van der Waals surface area (Å²) in [6.45, 7) is 1.09. The minimum absolute atomic E-state index is 0.0303. The molecule has 0 saturated heterocycles. The molecule has 0 unspecified atom stereocenters. The number of benzene rings is 1. The van der Waals surface area contributed by atoms with Crippen molar-refractivity contribution in [3.05, 3.63) is 39.8 Å². The molecule has 6 nitrogen and oxygen atoms in total. The molecule has 0 aliphatic rings. The lowest BCUT2D eigenvalue weighted by Gasteiger charge is -2.10. The van der Waals surface area contributed by atoms with Crippen LogP contribution in [0.15, 0.2) is 23.0 Å². The smallest absolute Gasteiger partial charge is 0.387 e. The van der Waals surface area contributed by atoms with E-state index in [1.165, 1.54) is 10.7 Å². The second-order valence-electron chi connectivity index (χ2n) is 4.22. The van der Waals surface area contributed by atoms with Gasteiger partial charge in [0.2, 0.25) is 0 Å². The molecular formula is C12H14F2N4O2. The van der Waals surface area contributed by atoms with E-state index in [1.54, 1.807) is 19.1 Å². The Labute approximate surface area is 113 Å². The summed E-state index contributed by atoms with van der Waals surface area (Å²) in [6, 6.07) is 4.79. The number of aryl methyl sites for hydroxylation is 2. The molecule has 0 fully saturated rings. The maximum Gasteiger partial charge on any atom is 0.387 e. The van der Waals surface area contributed by atoms with Crippen LogP contribution in [-0.2, 0) is 13.1 Å². The molecular weight excluding hydrogens is 270 g/mol. The molecule has 0 spiro atoms. The van der Waals surface area contributed by atoms with Gasteiger partial charge in [-0.3, -0.25) is 0 Å². The summed E-state index contributed by atoms with van der Waals surface area (Å²) in [7, 11) is 0. The van der Waals surface area contributed by atoms with Gasteiger partial charge in [0.05, 0.1) is 6.54 Å². The van der Waals surface area contributed by atoms with Crippen LogP contribution in [0.5, 0.6) is 5.75 Å². The molecule has 0 bridgehead atoms. The Morgan fingerprint density at radius 2 is 2.00 bits per heavy atom. The van der Waals surface area contributed by atoms with Crippen molar-refractivity contribution in [1.29, 1.82) is 0 Å². The van der Waals surface area contributed by atoms with Gasteiger partial charge >= 0.3 is 12.3 Å². The number of hydrogen-bond acceptors (Lipinski definition) is 4. The predicted octanol–water partition coefficient (Wildman–Crippen LogP) is 1.42. The first kappa shape index (κ1) is 14.2. The first-order valence-electron chi connectivity index (χ1n) is 6.06. The largest absolute Gasteiger partial charge is 0.434 e. The molecule has 1 heterocycles. The van der Waals surface area contributed by atoms with Crippen LogP contribution < -0.4 is 10.4 Å². The standard InChI is InChI=1S/C12H14F2N4O2/c1-3-17-12(19)18(16-15-17)7-9-6-8(2)4-5-10(9)20-11(13)14/h4-6,11H,3,7H2,1-2H3. The van der Waals surface area contributed by atoms with E-state index in [0.717, 1.165) is 10.2 Å². The molecule has 2 rings (SSSR count). The molecule has 0 radical (unpaired) electrons. The number of halogens is 2. The van der Waals surface area contributed by atoms with Crippen LogP contribution in [-0.4, -0.2) is 26.4 Å². The van der Waals surface area contributed by atoms with Crippen LogP contribution in [0, 0.1) is 6.92 Å². The van der Waals surface area contributed by atoms with Gasteiger partial charge in [-0.15, -0.1) is 0 Å². The number of hydrogen-bond donors (Lipinski definition) is 0. The zero-order chi connectivity index (χ0) is 14.7. The SMILES string of the molecule is CCn1nnn(Cc2cc(C)ccc2OC(F)F)c1=O. The Morgan fingerprint density at radius 3 is 2.60 bits per heavy atom. The topological polar surface area (TPSA) is 61.9 Å². The number of alkyl halides is 2. The van der Waals surface area contributed by atoms with E-state index < -0.39 is 12.3 Å². The van der Waals surface area contributed by atoms with Crippen molar-refractivity contribution in [1.82, 2.24) is 19.8 Å². The summed E-state index contributed by atoms with van der Waals surface area (Å²) in [6.07, 6.45) is 0. The molecule has 0 amide bonds. The molecule has 20 heavy (non-hydrogen) atoms. The second-order valence-corrected chi connectivity index (χ2v) is 4.22. The van der Waals surface area contributed by atoms with Crippen molar-refractivity contribution >= 4 is 0 Å². The number of tetrazole rings is 1. The zero-order valence-corrected chi connectivity index (χ0v) is 11.1. The van der Waals surface area contributed by atoms with Gasteiger partial charge in [-0.1, -0.05) is 17.7 Å². The Balaban J connectivity index is 2.34. The lowest BCUT2D eigenvalue weighted by molar-refractivity contribution is -0.0505. The lowest BCUT2D eigenvalue weighted by Crippen LogP contribution is -2.25. The fraction of sp³-hybridized carbons (Fsp3) is 0.417. The molecule has 0 aliphatic carbocycles. The molecule has 0 saturated carbocycles. The van der Waals surface area contributed by atoms with E-state index in [4.69, 9.17) is 0 Å². The highest BCUT2D eigenvalue weighted by atomic mass is 19.3. The van der Waals surface area contributed by atoms with Gasteiger partial charge in [0.25, 0.3) is 0 Å². The predicted molar refractivity (Wildman–Crippen MR) is 66.9 cm³/mol. The number of aromatic nitrogens is 4. The van der Waals surface area contributed by atoms with Crippen LogP contribution in [0.25, 0.3) is 0 Å². The summed E-state index contributed by atoms with van der Waals surface area (Å²) in [5.74, 6) is 0.0311. The van der Waals surface area contributed by atoms with E-state index >= 15 is 0 Å². The fourth-order valence-electron chi connectivity index (χ4n) is 1.81. The molecule has 0 atom stereocenters. The highest BCUT2D eigenvalue weighted by Gasteiger charge is 2.13. The average Bonchev–Trinajstić information content (AvgIpc) is 2.73. The molecule has 1 aromatic carbocycles. The average molecular weight is 284 g/mol. The van der Waals surface area contributed by atoms with Gasteiger partial charge in [0.15, 0.2) is 0 Å². The summed E-state index contributed by atoms with van der Waals surface area (Å²) >= 11 is 0. The quantitative estimate of drug-likeness (QED) is 0.833. The van der Waals surface area contributed by atoms with Crippen molar-refractivity contribution in [3.8, 4) is 5.75 Å². The normalized spacial score (nSPS) is 11.1.